The Morgan fingerprint density at radius 3 is 1.37 bits per heavy atom. The van der Waals surface area contributed by atoms with Crippen LogP contribution in [0.5, 0.6) is 0 Å². The summed E-state index contributed by atoms with van der Waals surface area (Å²) in [5.74, 6) is 0. The Bertz CT molecular complexity index is 2890. The third-order valence-corrected chi connectivity index (χ3v) is 11.6. The van der Waals surface area contributed by atoms with Gasteiger partial charge in [-0.05, 0) is 110 Å². The second-order valence-corrected chi connectivity index (χ2v) is 14.8. The molecule has 1 aromatic heterocycles. The van der Waals surface area contributed by atoms with Crippen molar-refractivity contribution in [2.45, 2.75) is 0 Å². The van der Waals surface area contributed by atoms with Gasteiger partial charge >= 0.3 is 0 Å². The van der Waals surface area contributed by atoms with Crippen LogP contribution < -0.4 is 4.90 Å². The molecule has 0 aliphatic rings. The largest absolute Gasteiger partial charge is 0.310 e. The van der Waals surface area contributed by atoms with Gasteiger partial charge in [-0.25, -0.2) is 0 Å². The van der Waals surface area contributed by atoms with E-state index in [4.69, 9.17) is 0 Å². The molecule has 10 aromatic rings. The molecule has 54 heavy (non-hydrogen) atoms. The molecule has 0 N–H and O–H groups in total. The quantitative estimate of drug-likeness (QED) is 0.160. The second-order valence-electron chi connectivity index (χ2n) is 13.8. The van der Waals surface area contributed by atoms with Gasteiger partial charge in [0, 0.05) is 37.2 Å². The maximum absolute atomic E-state index is 2.37. The van der Waals surface area contributed by atoms with Crippen molar-refractivity contribution in [1.29, 1.82) is 0 Å². The summed E-state index contributed by atoms with van der Waals surface area (Å²) < 4.78 is 2.65. The molecule has 0 saturated heterocycles. The number of anilines is 3. The number of rotatable bonds is 7. The highest BCUT2D eigenvalue weighted by Gasteiger charge is 2.17. The average molecular weight is 706 g/mol. The van der Waals surface area contributed by atoms with E-state index in [1.54, 1.807) is 0 Å². The molecule has 1 nitrogen and oxygen atoms in total. The molecule has 0 saturated carbocycles. The molecule has 0 aliphatic carbocycles. The van der Waals surface area contributed by atoms with Gasteiger partial charge in [-0.2, -0.15) is 0 Å². The molecule has 254 valence electrons. The SMILES string of the molecule is c1ccc(-c2ccc(N(c3ccc(-c4ccc5c(c4)sc4cc6ccccc6cc45)cc3)c3ccc(-c4ccccc4)c(-c4ccccc4)c3)cc2)cc1. The van der Waals surface area contributed by atoms with Crippen molar-refractivity contribution in [1.82, 2.24) is 0 Å². The zero-order valence-electron chi connectivity index (χ0n) is 29.6. The minimum absolute atomic E-state index is 1.10. The van der Waals surface area contributed by atoms with Crippen LogP contribution in [0.15, 0.2) is 212 Å². The van der Waals surface area contributed by atoms with Crippen LogP contribution in [0.2, 0.25) is 0 Å². The number of hydrogen-bond donors (Lipinski definition) is 0. The molecule has 0 radical (unpaired) electrons. The summed E-state index contributed by atoms with van der Waals surface area (Å²) in [5.41, 5.74) is 13.0. The number of nitrogens with zero attached hydrogens (tertiary/aromatic N) is 1. The van der Waals surface area contributed by atoms with Gasteiger partial charge in [-0.1, -0.05) is 158 Å². The summed E-state index contributed by atoms with van der Waals surface area (Å²) in [6, 6.07) is 77.1. The van der Waals surface area contributed by atoms with Gasteiger partial charge in [0.1, 0.15) is 0 Å². The Morgan fingerprint density at radius 2 is 0.741 bits per heavy atom. The molecule has 0 atom stereocenters. The van der Waals surface area contributed by atoms with E-state index in [1.807, 2.05) is 11.3 Å². The molecular weight excluding hydrogens is 671 g/mol. The predicted octanol–water partition coefficient (Wildman–Crippen LogP) is 15.3. The van der Waals surface area contributed by atoms with Crippen molar-refractivity contribution in [3.63, 3.8) is 0 Å². The second kappa shape index (κ2) is 13.7. The lowest BCUT2D eigenvalue weighted by atomic mass is 9.93. The fourth-order valence-electron chi connectivity index (χ4n) is 7.72. The Labute approximate surface area is 319 Å². The summed E-state index contributed by atoms with van der Waals surface area (Å²) in [6.07, 6.45) is 0. The van der Waals surface area contributed by atoms with E-state index in [-0.39, 0.29) is 0 Å². The van der Waals surface area contributed by atoms with Crippen LogP contribution in [-0.2, 0) is 0 Å². The lowest BCUT2D eigenvalue weighted by molar-refractivity contribution is 1.28. The summed E-state index contributed by atoms with van der Waals surface area (Å²) in [4.78, 5) is 2.37. The van der Waals surface area contributed by atoms with E-state index in [1.165, 1.54) is 75.5 Å². The van der Waals surface area contributed by atoms with Crippen molar-refractivity contribution in [3.8, 4) is 44.5 Å². The van der Waals surface area contributed by atoms with Crippen LogP contribution >= 0.6 is 11.3 Å². The van der Waals surface area contributed by atoms with Crippen LogP contribution in [0.3, 0.4) is 0 Å². The molecule has 10 rings (SSSR count). The van der Waals surface area contributed by atoms with Gasteiger partial charge < -0.3 is 4.90 Å². The minimum Gasteiger partial charge on any atom is -0.310 e. The Morgan fingerprint density at radius 1 is 0.278 bits per heavy atom. The van der Waals surface area contributed by atoms with Crippen molar-refractivity contribution in [3.05, 3.63) is 212 Å². The first-order valence-electron chi connectivity index (χ1n) is 18.4. The van der Waals surface area contributed by atoms with Gasteiger partial charge in [0.25, 0.3) is 0 Å². The van der Waals surface area contributed by atoms with E-state index >= 15 is 0 Å². The van der Waals surface area contributed by atoms with E-state index in [2.05, 4.69) is 217 Å². The molecule has 0 unspecified atom stereocenters. The first kappa shape index (κ1) is 32.0. The number of hydrogen-bond acceptors (Lipinski definition) is 2. The number of thiophene rings is 1. The highest BCUT2D eigenvalue weighted by Crippen LogP contribution is 2.43. The zero-order valence-corrected chi connectivity index (χ0v) is 30.4. The standard InChI is InChI=1S/C52H35NS/c1-4-12-36(13-5-1)37-20-25-44(26-21-37)53(46-29-31-47(39-14-6-2-7-15-39)49(35-46)40-16-8-3-9-17-40)45-27-22-38(23-28-45)43-24-30-48-50-32-41-18-10-11-19-42(41)33-52(50)54-51(48)34-43/h1-35H. The van der Waals surface area contributed by atoms with Crippen molar-refractivity contribution < 1.29 is 0 Å². The molecule has 9 aromatic carbocycles. The Balaban J connectivity index is 1.07. The molecule has 2 heteroatoms. The normalized spacial score (nSPS) is 11.3. The number of fused-ring (bicyclic) bond motifs is 4. The molecule has 0 bridgehead atoms. The minimum atomic E-state index is 1.10. The van der Waals surface area contributed by atoms with Gasteiger partial charge in [-0.3, -0.25) is 0 Å². The van der Waals surface area contributed by atoms with Gasteiger partial charge in [-0.15, -0.1) is 11.3 Å². The molecule has 1 heterocycles. The van der Waals surface area contributed by atoms with Crippen molar-refractivity contribution in [2.24, 2.45) is 0 Å². The van der Waals surface area contributed by atoms with Crippen LogP contribution in [0.4, 0.5) is 17.1 Å². The topological polar surface area (TPSA) is 3.24 Å². The van der Waals surface area contributed by atoms with Gasteiger partial charge in [0.2, 0.25) is 0 Å². The van der Waals surface area contributed by atoms with E-state index in [0.717, 1.165) is 17.1 Å². The summed E-state index contributed by atoms with van der Waals surface area (Å²) in [6.45, 7) is 0. The van der Waals surface area contributed by atoms with Crippen LogP contribution in [0.1, 0.15) is 0 Å². The number of benzene rings is 9. The molecule has 0 amide bonds. The monoisotopic (exact) mass is 705 g/mol. The average Bonchev–Trinajstić information content (AvgIpc) is 3.61. The highest BCUT2D eigenvalue weighted by molar-refractivity contribution is 7.25. The third kappa shape index (κ3) is 5.93. The zero-order chi connectivity index (χ0) is 35.8. The molecular formula is C52H35NS. The molecule has 0 spiro atoms. The first-order valence-corrected chi connectivity index (χ1v) is 19.2. The van der Waals surface area contributed by atoms with Gasteiger partial charge in [0.05, 0.1) is 0 Å². The van der Waals surface area contributed by atoms with Crippen LogP contribution in [0.25, 0.3) is 75.5 Å². The summed E-state index contributed by atoms with van der Waals surface area (Å²) in [7, 11) is 0. The maximum atomic E-state index is 2.37. The fraction of sp³-hybridized carbons (Fsp3) is 0. The molecule has 0 aliphatic heterocycles. The van der Waals surface area contributed by atoms with Crippen LogP contribution in [0, 0.1) is 0 Å². The van der Waals surface area contributed by atoms with Crippen molar-refractivity contribution in [2.75, 3.05) is 4.90 Å². The summed E-state index contributed by atoms with van der Waals surface area (Å²) in [5, 5.41) is 5.23. The Kier molecular flexibility index (Phi) is 8.09. The first-order chi connectivity index (χ1) is 26.7. The lowest BCUT2D eigenvalue weighted by Gasteiger charge is -2.27. The van der Waals surface area contributed by atoms with E-state index in [9.17, 15) is 0 Å². The third-order valence-electron chi connectivity index (χ3n) is 10.5. The highest BCUT2D eigenvalue weighted by atomic mass is 32.1. The van der Waals surface area contributed by atoms with E-state index < -0.39 is 0 Å². The van der Waals surface area contributed by atoms with Crippen molar-refractivity contribution >= 4 is 59.3 Å². The summed E-state index contributed by atoms with van der Waals surface area (Å²) >= 11 is 1.88. The molecule has 0 fully saturated rings. The smallest absolute Gasteiger partial charge is 0.0468 e. The fourth-order valence-corrected chi connectivity index (χ4v) is 8.90. The Hall–Kier alpha value is -6.74. The lowest BCUT2D eigenvalue weighted by Crippen LogP contribution is -2.10. The van der Waals surface area contributed by atoms with E-state index in [0.29, 0.717) is 0 Å². The van der Waals surface area contributed by atoms with Gasteiger partial charge in [0.15, 0.2) is 0 Å². The predicted molar refractivity (Wildman–Crippen MR) is 233 cm³/mol. The van der Waals surface area contributed by atoms with Crippen LogP contribution in [-0.4, -0.2) is 0 Å². The maximum Gasteiger partial charge on any atom is 0.0468 e.